The summed E-state index contributed by atoms with van der Waals surface area (Å²) in [5.74, 6) is 1.29. The number of aliphatic hydroxyl groups excluding tert-OH is 1. The average Bonchev–Trinajstić information content (AvgIpc) is 2.35. The van der Waals surface area contributed by atoms with Crippen molar-refractivity contribution < 1.29 is 14.9 Å². The Hall–Kier alpha value is -1.22. The van der Waals surface area contributed by atoms with Crippen molar-refractivity contribution in [2.24, 2.45) is 0 Å². The molecule has 1 aliphatic rings. The van der Waals surface area contributed by atoms with E-state index in [1.165, 1.54) is 0 Å². The second-order valence-corrected chi connectivity index (χ2v) is 9.15. The van der Waals surface area contributed by atoms with Crippen LogP contribution >= 0.6 is 0 Å². The molecule has 1 heterocycles. The molecule has 1 atom stereocenters. The van der Waals surface area contributed by atoms with Gasteiger partial charge >= 0.3 is 0 Å². The van der Waals surface area contributed by atoms with E-state index < -0.39 is 0 Å². The van der Waals surface area contributed by atoms with Crippen molar-refractivity contribution in [3.63, 3.8) is 0 Å². The normalized spacial score (nSPS) is 21.7. The summed E-state index contributed by atoms with van der Waals surface area (Å²) in [6, 6.07) is 2.01. The predicted molar refractivity (Wildman–Crippen MR) is 94.6 cm³/mol. The fourth-order valence-corrected chi connectivity index (χ4v) is 3.52. The molecule has 1 aliphatic heterocycles. The van der Waals surface area contributed by atoms with Crippen LogP contribution in [0, 0.1) is 0 Å². The molecule has 0 aliphatic carbocycles. The molecular formula is C20H32O3. The van der Waals surface area contributed by atoms with Crippen LogP contribution < -0.4 is 4.74 Å². The Labute approximate surface area is 140 Å². The molecule has 130 valence electrons. The summed E-state index contributed by atoms with van der Waals surface area (Å²) in [7, 11) is 0. The van der Waals surface area contributed by atoms with Gasteiger partial charge in [0, 0.05) is 29.7 Å². The molecule has 0 fully saturated rings. The number of benzene rings is 1. The van der Waals surface area contributed by atoms with Gasteiger partial charge in [-0.15, -0.1) is 0 Å². The summed E-state index contributed by atoms with van der Waals surface area (Å²) in [5, 5.41) is 20.3. The molecule has 1 aromatic rings. The average molecular weight is 320 g/mol. The van der Waals surface area contributed by atoms with Gasteiger partial charge in [-0.3, -0.25) is 0 Å². The first-order valence-corrected chi connectivity index (χ1v) is 8.59. The van der Waals surface area contributed by atoms with Crippen LogP contribution in [0.25, 0.3) is 0 Å². The summed E-state index contributed by atoms with van der Waals surface area (Å²) >= 11 is 0. The summed E-state index contributed by atoms with van der Waals surface area (Å²) < 4.78 is 6.32. The molecular weight excluding hydrogens is 288 g/mol. The zero-order chi connectivity index (χ0) is 17.6. The van der Waals surface area contributed by atoms with Crippen LogP contribution in [0.1, 0.15) is 78.0 Å². The fraction of sp³-hybridized carbons (Fsp3) is 0.700. The third kappa shape index (κ3) is 3.50. The van der Waals surface area contributed by atoms with Crippen molar-refractivity contribution in [2.75, 3.05) is 6.61 Å². The Balaban J connectivity index is 2.67. The Morgan fingerprint density at radius 1 is 1.13 bits per heavy atom. The maximum atomic E-state index is 11.0. The Morgan fingerprint density at radius 2 is 1.74 bits per heavy atom. The molecule has 3 nitrogen and oxygen atoms in total. The van der Waals surface area contributed by atoms with E-state index in [2.05, 4.69) is 48.5 Å². The molecule has 1 aromatic carbocycles. The molecule has 0 aromatic heterocycles. The lowest BCUT2D eigenvalue weighted by molar-refractivity contribution is 0.0380. The number of rotatable bonds is 2. The summed E-state index contributed by atoms with van der Waals surface area (Å²) in [4.78, 5) is 0. The molecule has 0 bridgehead atoms. The van der Waals surface area contributed by atoms with E-state index in [9.17, 15) is 10.2 Å². The van der Waals surface area contributed by atoms with E-state index in [0.717, 1.165) is 35.3 Å². The third-order valence-electron chi connectivity index (χ3n) is 4.83. The lowest BCUT2D eigenvalue weighted by atomic mass is 9.74. The maximum absolute atomic E-state index is 11.0. The van der Waals surface area contributed by atoms with Gasteiger partial charge < -0.3 is 14.9 Å². The third-order valence-corrected chi connectivity index (χ3v) is 4.83. The van der Waals surface area contributed by atoms with Crippen molar-refractivity contribution >= 4 is 0 Å². The first-order chi connectivity index (χ1) is 10.4. The van der Waals surface area contributed by atoms with Gasteiger partial charge in [0.25, 0.3) is 0 Å². The summed E-state index contributed by atoms with van der Waals surface area (Å²) in [6.45, 7) is 14.9. The van der Waals surface area contributed by atoms with Gasteiger partial charge in [0.05, 0.1) is 0 Å². The van der Waals surface area contributed by atoms with E-state index in [-0.39, 0.29) is 23.0 Å². The van der Waals surface area contributed by atoms with Crippen LogP contribution in [-0.2, 0) is 17.3 Å². The minimum Gasteiger partial charge on any atom is -0.507 e. The van der Waals surface area contributed by atoms with E-state index in [4.69, 9.17) is 4.74 Å². The zero-order valence-electron chi connectivity index (χ0n) is 15.7. The predicted octanol–water partition coefficient (Wildman–Crippen LogP) is 4.45. The molecule has 2 rings (SSSR count). The number of aliphatic hydroxyl groups is 1. The highest BCUT2D eigenvalue weighted by molar-refractivity contribution is 5.58. The highest BCUT2D eigenvalue weighted by Crippen LogP contribution is 2.48. The number of phenolic OH excluding ortho intramolecular Hbond substituents is 1. The Bertz CT molecular complexity index is 590. The molecule has 2 N–H and O–H groups in total. The topological polar surface area (TPSA) is 49.7 Å². The van der Waals surface area contributed by atoms with E-state index >= 15 is 0 Å². The molecule has 0 saturated carbocycles. The maximum Gasteiger partial charge on any atom is 0.124 e. The minimum atomic E-state index is -0.330. The molecule has 0 spiro atoms. The van der Waals surface area contributed by atoms with Crippen molar-refractivity contribution in [3.8, 4) is 11.5 Å². The number of ether oxygens (including phenoxy) is 1. The molecule has 1 unspecified atom stereocenters. The smallest absolute Gasteiger partial charge is 0.124 e. The van der Waals surface area contributed by atoms with Crippen LogP contribution in [0.2, 0.25) is 0 Å². The van der Waals surface area contributed by atoms with Gasteiger partial charge in [-0.05, 0) is 36.7 Å². The van der Waals surface area contributed by atoms with E-state index in [1.54, 1.807) is 0 Å². The highest BCUT2D eigenvalue weighted by Gasteiger charge is 2.37. The molecule has 0 radical (unpaired) electrons. The lowest BCUT2D eigenvalue weighted by Crippen LogP contribution is -2.38. The standard InChI is InChI=1S/C20H32O3/c1-18(2,3)14-12-15-13(16(17(14)22)19(4,5)6)8-9-20(7,23-15)10-11-21/h12,21-22H,8-11H2,1-7H3. The van der Waals surface area contributed by atoms with Gasteiger partial charge in [-0.1, -0.05) is 41.5 Å². The number of hydrogen-bond donors (Lipinski definition) is 2. The number of fused-ring (bicyclic) bond motifs is 1. The Morgan fingerprint density at radius 3 is 2.22 bits per heavy atom. The molecule has 23 heavy (non-hydrogen) atoms. The second-order valence-electron chi connectivity index (χ2n) is 9.15. The molecule has 3 heteroatoms. The van der Waals surface area contributed by atoms with Crippen molar-refractivity contribution in [2.45, 2.75) is 84.2 Å². The number of aromatic hydroxyl groups is 1. The number of hydrogen-bond acceptors (Lipinski definition) is 3. The quantitative estimate of drug-likeness (QED) is 0.846. The second kappa shape index (κ2) is 5.70. The number of phenols is 1. The first kappa shape index (κ1) is 18.1. The van der Waals surface area contributed by atoms with E-state index in [1.807, 2.05) is 6.07 Å². The van der Waals surface area contributed by atoms with Gasteiger partial charge in [-0.2, -0.15) is 0 Å². The van der Waals surface area contributed by atoms with Crippen LogP contribution in [0.5, 0.6) is 11.5 Å². The largest absolute Gasteiger partial charge is 0.507 e. The van der Waals surface area contributed by atoms with Gasteiger partial charge in [0.15, 0.2) is 0 Å². The van der Waals surface area contributed by atoms with Crippen LogP contribution in [-0.4, -0.2) is 22.4 Å². The Kier molecular flexibility index (Phi) is 4.49. The zero-order valence-corrected chi connectivity index (χ0v) is 15.7. The lowest BCUT2D eigenvalue weighted by Gasteiger charge is -2.39. The monoisotopic (exact) mass is 320 g/mol. The highest BCUT2D eigenvalue weighted by atomic mass is 16.5. The van der Waals surface area contributed by atoms with Crippen molar-refractivity contribution in [1.29, 1.82) is 0 Å². The van der Waals surface area contributed by atoms with Gasteiger partial charge in [0.1, 0.15) is 17.1 Å². The van der Waals surface area contributed by atoms with Crippen molar-refractivity contribution in [3.05, 3.63) is 22.8 Å². The first-order valence-electron chi connectivity index (χ1n) is 8.59. The SMILES string of the molecule is CC1(CCO)CCc2c(cc(C(C)(C)C)c(O)c2C(C)(C)C)O1. The summed E-state index contributed by atoms with van der Waals surface area (Å²) in [5.41, 5.74) is 2.42. The van der Waals surface area contributed by atoms with Gasteiger partial charge in [0.2, 0.25) is 0 Å². The van der Waals surface area contributed by atoms with E-state index in [0.29, 0.717) is 12.2 Å². The van der Waals surface area contributed by atoms with Crippen LogP contribution in [0.15, 0.2) is 6.07 Å². The summed E-state index contributed by atoms with van der Waals surface area (Å²) in [6.07, 6.45) is 2.36. The molecule has 0 saturated heterocycles. The fourth-order valence-electron chi connectivity index (χ4n) is 3.52. The minimum absolute atomic E-state index is 0.127. The molecule has 0 amide bonds. The van der Waals surface area contributed by atoms with Crippen molar-refractivity contribution in [1.82, 2.24) is 0 Å². The van der Waals surface area contributed by atoms with Crippen LogP contribution in [0.3, 0.4) is 0 Å². The van der Waals surface area contributed by atoms with Crippen LogP contribution in [0.4, 0.5) is 0 Å². The van der Waals surface area contributed by atoms with Gasteiger partial charge in [-0.25, -0.2) is 0 Å².